The molecule has 90 valence electrons. The smallest absolute Gasteiger partial charge is 0.178 e. The molecule has 1 aromatic carbocycles. The number of nitrogens with zero attached hydrogens (tertiary/aromatic N) is 2. The van der Waals surface area contributed by atoms with Crippen molar-refractivity contribution in [3.05, 3.63) is 45.5 Å². The lowest BCUT2D eigenvalue weighted by Gasteiger charge is -2.02. The standard InChI is InChI=1S/C13H9BrClN3/c1-7-3-2-4-9(11(7)15)12-17-10-5-8(14)6-16-13(10)18-12/h2-6H,1H3,(H,16,17,18). The molecule has 3 rings (SSSR count). The van der Waals surface area contributed by atoms with Crippen LogP contribution in [0.15, 0.2) is 34.9 Å². The molecular formula is C13H9BrClN3. The van der Waals surface area contributed by atoms with Crippen LogP contribution in [0.1, 0.15) is 5.56 Å². The molecule has 1 N–H and O–H groups in total. The van der Waals surface area contributed by atoms with Gasteiger partial charge < -0.3 is 4.98 Å². The van der Waals surface area contributed by atoms with Crippen molar-refractivity contribution in [2.45, 2.75) is 6.92 Å². The van der Waals surface area contributed by atoms with Gasteiger partial charge in [0.05, 0.1) is 10.5 Å². The molecule has 0 saturated carbocycles. The summed E-state index contributed by atoms with van der Waals surface area (Å²) in [6.07, 6.45) is 1.73. The van der Waals surface area contributed by atoms with Crippen molar-refractivity contribution in [3.8, 4) is 11.4 Å². The van der Waals surface area contributed by atoms with E-state index in [2.05, 4.69) is 30.9 Å². The maximum atomic E-state index is 6.30. The summed E-state index contributed by atoms with van der Waals surface area (Å²) in [7, 11) is 0. The van der Waals surface area contributed by atoms with E-state index in [-0.39, 0.29) is 0 Å². The molecule has 0 saturated heterocycles. The fraction of sp³-hybridized carbons (Fsp3) is 0.0769. The molecule has 2 heterocycles. The van der Waals surface area contributed by atoms with E-state index in [1.54, 1.807) is 6.20 Å². The van der Waals surface area contributed by atoms with Crippen molar-refractivity contribution in [3.63, 3.8) is 0 Å². The van der Waals surface area contributed by atoms with Gasteiger partial charge in [0.1, 0.15) is 5.82 Å². The third-order valence-corrected chi connectivity index (χ3v) is 3.69. The van der Waals surface area contributed by atoms with Gasteiger partial charge in [0.15, 0.2) is 5.65 Å². The Balaban J connectivity index is 2.22. The third kappa shape index (κ3) is 1.91. The fourth-order valence-electron chi connectivity index (χ4n) is 1.83. The first-order valence-electron chi connectivity index (χ1n) is 5.42. The monoisotopic (exact) mass is 321 g/mol. The average Bonchev–Trinajstić information content (AvgIpc) is 2.75. The lowest BCUT2D eigenvalue weighted by atomic mass is 10.1. The number of hydrogen-bond acceptors (Lipinski definition) is 2. The number of pyridine rings is 1. The van der Waals surface area contributed by atoms with Crippen LogP contribution < -0.4 is 0 Å². The summed E-state index contributed by atoms with van der Waals surface area (Å²) in [6, 6.07) is 7.83. The highest BCUT2D eigenvalue weighted by molar-refractivity contribution is 9.10. The summed E-state index contributed by atoms with van der Waals surface area (Å²) >= 11 is 9.68. The van der Waals surface area contributed by atoms with Crippen LogP contribution in [0, 0.1) is 6.92 Å². The number of fused-ring (bicyclic) bond motifs is 1. The third-order valence-electron chi connectivity index (χ3n) is 2.75. The lowest BCUT2D eigenvalue weighted by Crippen LogP contribution is -1.84. The van der Waals surface area contributed by atoms with Gasteiger partial charge in [-0.15, -0.1) is 0 Å². The minimum Gasteiger partial charge on any atom is -0.336 e. The van der Waals surface area contributed by atoms with Crippen molar-refractivity contribution in [2.75, 3.05) is 0 Å². The number of H-pyrrole nitrogens is 1. The minimum atomic E-state index is 0.686. The van der Waals surface area contributed by atoms with Gasteiger partial charge >= 0.3 is 0 Å². The number of imidazole rings is 1. The van der Waals surface area contributed by atoms with Crippen LogP contribution in [0.5, 0.6) is 0 Å². The molecule has 0 aliphatic rings. The van der Waals surface area contributed by atoms with Crippen molar-refractivity contribution in [1.82, 2.24) is 15.0 Å². The molecular weight excluding hydrogens is 314 g/mol. The molecule has 3 aromatic rings. The maximum absolute atomic E-state index is 6.30. The van der Waals surface area contributed by atoms with E-state index in [1.165, 1.54) is 0 Å². The number of aromatic nitrogens is 3. The highest BCUT2D eigenvalue weighted by Crippen LogP contribution is 2.29. The van der Waals surface area contributed by atoms with Crippen LogP contribution >= 0.6 is 27.5 Å². The largest absolute Gasteiger partial charge is 0.336 e. The van der Waals surface area contributed by atoms with Gasteiger partial charge in [0, 0.05) is 16.2 Å². The molecule has 5 heteroatoms. The quantitative estimate of drug-likeness (QED) is 0.723. The molecule has 0 spiro atoms. The van der Waals surface area contributed by atoms with E-state index in [0.717, 1.165) is 32.0 Å². The molecule has 0 amide bonds. The van der Waals surface area contributed by atoms with Crippen LogP contribution in [0.25, 0.3) is 22.6 Å². The van der Waals surface area contributed by atoms with Gasteiger partial charge in [-0.05, 0) is 40.5 Å². The number of benzene rings is 1. The first kappa shape index (κ1) is 11.7. The summed E-state index contributed by atoms with van der Waals surface area (Å²) in [5.74, 6) is 0.740. The number of nitrogens with one attached hydrogen (secondary N) is 1. The normalized spacial score (nSPS) is 11.1. The summed E-state index contributed by atoms with van der Waals surface area (Å²) in [6.45, 7) is 1.98. The Morgan fingerprint density at radius 2 is 2.17 bits per heavy atom. The molecule has 18 heavy (non-hydrogen) atoms. The lowest BCUT2D eigenvalue weighted by molar-refractivity contribution is 1.29. The van der Waals surface area contributed by atoms with Crippen LogP contribution in [0.2, 0.25) is 5.02 Å². The molecule has 0 aliphatic carbocycles. The Kier molecular flexibility index (Phi) is 2.84. The molecule has 0 unspecified atom stereocenters. The fourth-order valence-corrected chi connectivity index (χ4v) is 2.38. The van der Waals surface area contributed by atoms with Gasteiger partial charge in [-0.3, -0.25) is 0 Å². The van der Waals surface area contributed by atoms with E-state index >= 15 is 0 Å². The first-order valence-corrected chi connectivity index (χ1v) is 6.59. The van der Waals surface area contributed by atoms with E-state index in [0.29, 0.717) is 5.65 Å². The van der Waals surface area contributed by atoms with Crippen LogP contribution in [0.4, 0.5) is 0 Å². The highest BCUT2D eigenvalue weighted by atomic mass is 79.9. The number of aromatic amines is 1. The molecule has 0 radical (unpaired) electrons. The summed E-state index contributed by atoms with van der Waals surface area (Å²) in [5.41, 5.74) is 3.50. The van der Waals surface area contributed by atoms with Gasteiger partial charge in [0.25, 0.3) is 0 Å². The predicted octanol–water partition coefficient (Wildman–Crippen LogP) is 4.35. The SMILES string of the molecule is Cc1cccc(-c2nc3ncc(Br)cc3[nH]2)c1Cl. The zero-order valence-corrected chi connectivity index (χ0v) is 11.9. The molecule has 0 atom stereocenters. The Morgan fingerprint density at radius 1 is 1.33 bits per heavy atom. The first-order chi connectivity index (χ1) is 8.65. The second kappa shape index (κ2) is 4.37. The van der Waals surface area contributed by atoms with E-state index in [9.17, 15) is 0 Å². The van der Waals surface area contributed by atoms with Crippen molar-refractivity contribution < 1.29 is 0 Å². The molecule has 0 aliphatic heterocycles. The second-order valence-corrected chi connectivity index (χ2v) is 5.34. The van der Waals surface area contributed by atoms with Crippen LogP contribution in [0.3, 0.4) is 0 Å². The summed E-state index contributed by atoms with van der Waals surface area (Å²) < 4.78 is 0.917. The Bertz CT molecular complexity index is 736. The molecule has 2 aromatic heterocycles. The number of aryl methyl sites for hydroxylation is 1. The summed E-state index contributed by atoms with van der Waals surface area (Å²) in [5, 5.41) is 0.718. The minimum absolute atomic E-state index is 0.686. The Hall–Kier alpha value is -1.39. The van der Waals surface area contributed by atoms with Gasteiger partial charge in [-0.2, -0.15) is 0 Å². The molecule has 0 fully saturated rings. The highest BCUT2D eigenvalue weighted by Gasteiger charge is 2.10. The Morgan fingerprint density at radius 3 is 3.00 bits per heavy atom. The number of rotatable bonds is 1. The van der Waals surface area contributed by atoms with Crippen LogP contribution in [-0.2, 0) is 0 Å². The van der Waals surface area contributed by atoms with Crippen molar-refractivity contribution in [2.24, 2.45) is 0 Å². The van der Waals surface area contributed by atoms with Crippen molar-refractivity contribution >= 4 is 38.7 Å². The maximum Gasteiger partial charge on any atom is 0.178 e. The molecule has 0 bridgehead atoms. The number of halogens is 2. The zero-order valence-electron chi connectivity index (χ0n) is 9.54. The van der Waals surface area contributed by atoms with Gasteiger partial charge in [-0.1, -0.05) is 23.7 Å². The summed E-state index contributed by atoms with van der Waals surface area (Å²) in [4.78, 5) is 11.9. The van der Waals surface area contributed by atoms with E-state index in [1.807, 2.05) is 31.2 Å². The topological polar surface area (TPSA) is 41.6 Å². The van der Waals surface area contributed by atoms with E-state index < -0.39 is 0 Å². The molecule has 3 nitrogen and oxygen atoms in total. The number of hydrogen-bond donors (Lipinski definition) is 1. The van der Waals surface area contributed by atoms with E-state index in [4.69, 9.17) is 11.6 Å². The van der Waals surface area contributed by atoms with Crippen molar-refractivity contribution in [1.29, 1.82) is 0 Å². The average molecular weight is 323 g/mol. The Labute approximate surface area is 117 Å². The van der Waals surface area contributed by atoms with Gasteiger partial charge in [-0.25, -0.2) is 9.97 Å². The predicted molar refractivity (Wildman–Crippen MR) is 76.8 cm³/mol. The zero-order chi connectivity index (χ0) is 12.7. The second-order valence-electron chi connectivity index (χ2n) is 4.05. The van der Waals surface area contributed by atoms with Gasteiger partial charge in [0.2, 0.25) is 0 Å². The van der Waals surface area contributed by atoms with Crippen LogP contribution in [-0.4, -0.2) is 15.0 Å².